The molecule has 0 heterocycles. The molecule has 4 heteroatoms. The van der Waals surface area contributed by atoms with E-state index in [0.717, 1.165) is 5.56 Å². The zero-order valence-electron chi connectivity index (χ0n) is 11.1. The molecular weight excluding hydrogens is 242 g/mol. The van der Waals surface area contributed by atoms with Crippen LogP contribution in [0, 0.1) is 0 Å². The molecule has 2 N–H and O–H groups in total. The van der Waals surface area contributed by atoms with E-state index in [0.29, 0.717) is 5.57 Å². The second-order valence-corrected chi connectivity index (χ2v) is 4.44. The number of ether oxygens (including phenoxy) is 1. The molecule has 1 unspecified atom stereocenters. The van der Waals surface area contributed by atoms with E-state index in [1.165, 1.54) is 0 Å². The molecule has 102 valence electrons. The first kappa shape index (κ1) is 15.1. The fraction of sp³-hybridized carbons (Fsp3) is 0.333. The van der Waals surface area contributed by atoms with E-state index in [1.54, 1.807) is 6.92 Å². The van der Waals surface area contributed by atoms with Gasteiger partial charge in [0.05, 0.1) is 6.04 Å². The summed E-state index contributed by atoms with van der Waals surface area (Å²) in [4.78, 5) is 23.0. The Morgan fingerprint density at radius 1 is 1.32 bits per heavy atom. The van der Waals surface area contributed by atoms with Crippen molar-refractivity contribution in [3.05, 3.63) is 48.0 Å². The van der Waals surface area contributed by atoms with Crippen LogP contribution in [-0.4, -0.2) is 17.8 Å². The summed E-state index contributed by atoms with van der Waals surface area (Å²) in [6.07, 6.45) is 0.409. The minimum atomic E-state index is -0.679. The quantitative estimate of drug-likeness (QED) is 0.602. The summed E-state index contributed by atoms with van der Waals surface area (Å²) < 4.78 is 5.09. The van der Waals surface area contributed by atoms with Crippen LogP contribution in [0.4, 0.5) is 0 Å². The molecule has 0 saturated heterocycles. The molecule has 4 nitrogen and oxygen atoms in total. The second-order valence-electron chi connectivity index (χ2n) is 4.44. The van der Waals surface area contributed by atoms with Gasteiger partial charge >= 0.3 is 5.97 Å². The topological polar surface area (TPSA) is 69.4 Å². The van der Waals surface area contributed by atoms with Gasteiger partial charge in [-0.25, -0.2) is 0 Å². The van der Waals surface area contributed by atoms with Gasteiger partial charge in [0.2, 0.25) is 0 Å². The summed E-state index contributed by atoms with van der Waals surface area (Å²) >= 11 is 0. The van der Waals surface area contributed by atoms with E-state index in [4.69, 9.17) is 10.5 Å². The fourth-order valence-electron chi connectivity index (χ4n) is 1.53. The van der Waals surface area contributed by atoms with Crippen LogP contribution in [-0.2, 0) is 20.9 Å². The largest absolute Gasteiger partial charge is 0.461 e. The molecule has 1 rings (SSSR count). The predicted octanol–water partition coefficient (Wildman–Crippen LogP) is 1.98. The summed E-state index contributed by atoms with van der Waals surface area (Å²) in [5.41, 5.74) is 6.99. The van der Waals surface area contributed by atoms with Crippen molar-refractivity contribution in [1.29, 1.82) is 0 Å². The first-order valence-electron chi connectivity index (χ1n) is 6.15. The molecule has 1 atom stereocenters. The summed E-state index contributed by atoms with van der Waals surface area (Å²) in [6.45, 7) is 5.38. The van der Waals surface area contributed by atoms with Gasteiger partial charge in [0.1, 0.15) is 6.61 Å². The number of Topliss-reactive ketones (excluding diaryl/α,β-unsaturated/α-hetero) is 1. The molecule has 19 heavy (non-hydrogen) atoms. The Morgan fingerprint density at radius 2 is 1.95 bits per heavy atom. The van der Waals surface area contributed by atoms with E-state index in [2.05, 4.69) is 6.58 Å². The van der Waals surface area contributed by atoms with E-state index in [-0.39, 0.29) is 31.2 Å². The van der Waals surface area contributed by atoms with Gasteiger partial charge in [-0.15, -0.1) is 0 Å². The SMILES string of the molecule is C=C(C)C(=O)C(N)CCC(=O)OCc1ccccc1. The van der Waals surface area contributed by atoms with Crippen molar-refractivity contribution in [3.63, 3.8) is 0 Å². The number of hydrogen-bond acceptors (Lipinski definition) is 4. The normalized spacial score (nSPS) is 11.7. The number of ketones is 1. The molecule has 0 aliphatic rings. The van der Waals surface area contributed by atoms with Crippen molar-refractivity contribution in [2.24, 2.45) is 5.73 Å². The maximum Gasteiger partial charge on any atom is 0.306 e. The molecule has 0 aromatic heterocycles. The Balaban J connectivity index is 2.29. The first-order valence-corrected chi connectivity index (χ1v) is 6.15. The van der Waals surface area contributed by atoms with Crippen LogP contribution in [0.3, 0.4) is 0 Å². The lowest BCUT2D eigenvalue weighted by Gasteiger charge is -2.10. The van der Waals surface area contributed by atoms with E-state index in [9.17, 15) is 9.59 Å². The van der Waals surface area contributed by atoms with Crippen LogP contribution >= 0.6 is 0 Å². The maximum absolute atomic E-state index is 11.5. The Kier molecular flexibility index (Phi) is 5.96. The van der Waals surface area contributed by atoms with Crippen LogP contribution in [0.5, 0.6) is 0 Å². The number of hydrogen-bond donors (Lipinski definition) is 1. The molecule has 0 spiro atoms. The Morgan fingerprint density at radius 3 is 2.53 bits per heavy atom. The minimum absolute atomic E-state index is 0.132. The molecule has 0 bridgehead atoms. The third kappa shape index (κ3) is 5.48. The van der Waals surface area contributed by atoms with Gasteiger partial charge in [0, 0.05) is 6.42 Å². The number of benzene rings is 1. The average Bonchev–Trinajstić information content (AvgIpc) is 2.42. The fourth-order valence-corrected chi connectivity index (χ4v) is 1.53. The number of carbonyl (C=O) groups is 2. The minimum Gasteiger partial charge on any atom is -0.461 e. The summed E-state index contributed by atoms with van der Waals surface area (Å²) in [5.74, 6) is -0.565. The second kappa shape index (κ2) is 7.48. The van der Waals surface area contributed by atoms with E-state index in [1.807, 2.05) is 30.3 Å². The van der Waals surface area contributed by atoms with E-state index < -0.39 is 6.04 Å². The standard InChI is InChI=1S/C15H19NO3/c1-11(2)15(18)13(16)8-9-14(17)19-10-12-6-4-3-5-7-12/h3-7,13H,1,8-10,16H2,2H3. The highest BCUT2D eigenvalue weighted by Crippen LogP contribution is 2.05. The molecule has 1 aromatic rings. The highest BCUT2D eigenvalue weighted by molar-refractivity contribution is 5.98. The third-order valence-electron chi connectivity index (χ3n) is 2.66. The predicted molar refractivity (Wildman–Crippen MR) is 73.3 cm³/mol. The van der Waals surface area contributed by atoms with Crippen LogP contribution in [0.15, 0.2) is 42.5 Å². The van der Waals surface area contributed by atoms with Crippen molar-refractivity contribution >= 4 is 11.8 Å². The van der Waals surface area contributed by atoms with Gasteiger partial charge in [-0.05, 0) is 24.5 Å². The number of nitrogens with two attached hydrogens (primary N) is 1. The van der Waals surface area contributed by atoms with Crippen molar-refractivity contribution in [2.45, 2.75) is 32.4 Å². The van der Waals surface area contributed by atoms with Crippen LogP contribution < -0.4 is 5.73 Å². The Bertz CT molecular complexity index is 454. The van der Waals surface area contributed by atoms with Crippen LogP contribution in [0.25, 0.3) is 0 Å². The summed E-state index contributed by atoms with van der Waals surface area (Å²) in [6, 6.07) is 8.73. The molecule has 0 radical (unpaired) electrons. The van der Waals surface area contributed by atoms with Crippen molar-refractivity contribution < 1.29 is 14.3 Å². The molecule has 0 fully saturated rings. The molecule has 0 amide bonds. The number of carbonyl (C=O) groups excluding carboxylic acids is 2. The van der Waals surface area contributed by atoms with Crippen LogP contribution in [0.1, 0.15) is 25.3 Å². The number of rotatable bonds is 7. The highest BCUT2D eigenvalue weighted by atomic mass is 16.5. The lowest BCUT2D eigenvalue weighted by molar-refractivity contribution is -0.145. The monoisotopic (exact) mass is 261 g/mol. The summed E-state index contributed by atoms with van der Waals surface area (Å²) in [5, 5.41) is 0. The van der Waals surface area contributed by atoms with Gasteiger partial charge in [-0.2, -0.15) is 0 Å². The molecule has 0 aliphatic carbocycles. The van der Waals surface area contributed by atoms with Gasteiger partial charge < -0.3 is 10.5 Å². The van der Waals surface area contributed by atoms with Crippen molar-refractivity contribution in [1.82, 2.24) is 0 Å². The molecule has 1 aromatic carbocycles. The first-order chi connectivity index (χ1) is 9.00. The lowest BCUT2D eigenvalue weighted by atomic mass is 10.0. The number of esters is 1. The zero-order chi connectivity index (χ0) is 14.3. The van der Waals surface area contributed by atoms with Crippen molar-refractivity contribution in [3.8, 4) is 0 Å². The highest BCUT2D eigenvalue weighted by Gasteiger charge is 2.15. The van der Waals surface area contributed by atoms with Gasteiger partial charge in [0.25, 0.3) is 0 Å². The Hall–Kier alpha value is -1.94. The third-order valence-corrected chi connectivity index (χ3v) is 2.66. The maximum atomic E-state index is 11.5. The van der Waals surface area contributed by atoms with Gasteiger partial charge in [-0.1, -0.05) is 36.9 Å². The Labute approximate surface area is 113 Å². The molecule has 0 saturated carbocycles. The molecule has 0 aliphatic heterocycles. The smallest absolute Gasteiger partial charge is 0.306 e. The molecular formula is C15H19NO3. The van der Waals surface area contributed by atoms with Gasteiger partial charge in [-0.3, -0.25) is 9.59 Å². The van der Waals surface area contributed by atoms with E-state index >= 15 is 0 Å². The van der Waals surface area contributed by atoms with Gasteiger partial charge in [0.15, 0.2) is 5.78 Å². The van der Waals surface area contributed by atoms with Crippen LogP contribution in [0.2, 0.25) is 0 Å². The average molecular weight is 261 g/mol. The zero-order valence-corrected chi connectivity index (χ0v) is 11.1. The summed E-state index contributed by atoms with van der Waals surface area (Å²) in [7, 11) is 0. The van der Waals surface area contributed by atoms with Crippen molar-refractivity contribution in [2.75, 3.05) is 0 Å². The lowest BCUT2D eigenvalue weighted by Crippen LogP contribution is -2.31.